The predicted octanol–water partition coefficient (Wildman–Crippen LogP) is 9.39. The Morgan fingerprint density at radius 2 is 1.23 bits per heavy atom. The van der Waals surface area contributed by atoms with Crippen molar-refractivity contribution in [2.45, 2.75) is 20.1 Å². The van der Waals surface area contributed by atoms with Crippen LogP contribution < -0.4 is 4.90 Å². The Balaban J connectivity index is 1.39. The molecule has 2 heterocycles. The van der Waals surface area contributed by atoms with Crippen molar-refractivity contribution in [2.75, 3.05) is 4.90 Å². The Hall–Kier alpha value is -5.45. The van der Waals surface area contributed by atoms with Crippen molar-refractivity contribution in [1.29, 1.82) is 0 Å². The second kappa shape index (κ2) is 10.1. The van der Waals surface area contributed by atoms with Crippen molar-refractivity contribution in [1.82, 2.24) is 4.57 Å². The number of nitrogens with zero attached hydrogens (tertiary/aromatic N) is 2. The highest BCUT2D eigenvalue weighted by atomic mass is 16.3. The fourth-order valence-corrected chi connectivity index (χ4v) is 6.98. The lowest BCUT2D eigenvalue weighted by atomic mass is 9.98. The van der Waals surface area contributed by atoms with E-state index in [2.05, 4.69) is 73.0 Å². The molecule has 1 aliphatic rings. The summed E-state index contributed by atoms with van der Waals surface area (Å²) in [5.41, 5.74) is 11.1. The van der Waals surface area contributed by atoms with Crippen molar-refractivity contribution >= 4 is 33.4 Å². The summed E-state index contributed by atoms with van der Waals surface area (Å²) in [4.78, 5) is 16.1. The molecule has 44 heavy (non-hydrogen) atoms. The van der Waals surface area contributed by atoms with Gasteiger partial charge in [-0.3, -0.25) is 9.69 Å². The molecule has 0 saturated heterocycles. The highest BCUT2D eigenvalue weighted by Gasteiger charge is 2.40. The number of hydrogen-bond acceptors (Lipinski definition) is 2. The molecule has 1 atom stereocenters. The van der Waals surface area contributed by atoms with Gasteiger partial charge in [0, 0.05) is 27.5 Å². The van der Waals surface area contributed by atoms with Crippen LogP contribution in [0.3, 0.4) is 0 Å². The summed E-state index contributed by atoms with van der Waals surface area (Å²) in [5.74, 6) is -0.221. The Bertz CT molecular complexity index is 2230. The van der Waals surface area contributed by atoms with E-state index in [0.717, 1.165) is 49.7 Å². The second-order valence-corrected chi connectivity index (χ2v) is 11.6. The number of carbonyl (C=O) groups is 1. The lowest BCUT2D eigenvalue weighted by Crippen LogP contribution is -2.28. The van der Waals surface area contributed by atoms with Gasteiger partial charge in [-0.05, 0) is 43.2 Å². The van der Waals surface area contributed by atoms with Crippen molar-refractivity contribution in [2.24, 2.45) is 0 Å². The SMILES string of the molecule is Cc1cc(C)cc(-c2cccc3c4ccccc4n(-c4cccc5c4C(=O)N(c4ccccc4-c4ccccc4)C5O)c23)c1. The van der Waals surface area contributed by atoms with E-state index in [9.17, 15) is 9.90 Å². The second-order valence-electron chi connectivity index (χ2n) is 11.6. The number of para-hydroxylation sites is 3. The van der Waals surface area contributed by atoms with Gasteiger partial charge in [-0.25, -0.2) is 0 Å². The van der Waals surface area contributed by atoms with Crippen LogP contribution in [0, 0.1) is 13.8 Å². The molecule has 8 rings (SSSR count). The number of rotatable bonds is 4. The summed E-state index contributed by atoms with van der Waals surface area (Å²) in [5, 5.41) is 14.0. The van der Waals surface area contributed by atoms with E-state index in [-0.39, 0.29) is 5.91 Å². The minimum absolute atomic E-state index is 0.221. The van der Waals surface area contributed by atoms with Crippen LogP contribution in [-0.4, -0.2) is 15.6 Å². The van der Waals surface area contributed by atoms with E-state index in [0.29, 0.717) is 16.8 Å². The third-order valence-corrected chi connectivity index (χ3v) is 8.75. The number of benzene rings is 6. The zero-order chi connectivity index (χ0) is 29.9. The van der Waals surface area contributed by atoms with Crippen LogP contribution in [0.2, 0.25) is 0 Å². The van der Waals surface area contributed by atoms with E-state index >= 15 is 0 Å². The number of aromatic nitrogens is 1. The van der Waals surface area contributed by atoms with Gasteiger partial charge in [0.1, 0.15) is 0 Å². The van der Waals surface area contributed by atoms with Crippen LogP contribution in [-0.2, 0) is 0 Å². The van der Waals surface area contributed by atoms with Gasteiger partial charge in [-0.1, -0.05) is 126 Å². The molecule has 1 amide bonds. The minimum Gasteiger partial charge on any atom is -0.369 e. The third-order valence-electron chi connectivity index (χ3n) is 8.75. The first-order valence-corrected chi connectivity index (χ1v) is 14.9. The van der Waals surface area contributed by atoms with Crippen LogP contribution in [0.4, 0.5) is 5.69 Å². The van der Waals surface area contributed by atoms with E-state index in [4.69, 9.17) is 0 Å². The van der Waals surface area contributed by atoms with Crippen LogP contribution >= 0.6 is 0 Å². The molecular weight excluding hydrogens is 540 g/mol. The van der Waals surface area contributed by atoms with Crippen LogP contribution in [0.1, 0.15) is 33.3 Å². The van der Waals surface area contributed by atoms with Crippen molar-refractivity contribution < 1.29 is 9.90 Å². The topological polar surface area (TPSA) is 45.5 Å². The summed E-state index contributed by atoms with van der Waals surface area (Å²) in [6.07, 6.45) is -1.12. The lowest BCUT2D eigenvalue weighted by molar-refractivity contribution is 0.0935. The molecule has 0 saturated carbocycles. The maximum absolute atomic E-state index is 14.6. The lowest BCUT2D eigenvalue weighted by Gasteiger charge is -2.24. The van der Waals surface area contributed by atoms with Gasteiger partial charge in [-0.15, -0.1) is 0 Å². The van der Waals surface area contributed by atoms with Crippen LogP contribution in [0.15, 0.2) is 133 Å². The van der Waals surface area contributed by atoms with Crippen molar-refractivity contribution in [3.8, 4) is 27.9 Å². The Kier molecular flexibility index (Phi) is 6.00. The summed E-state index contributed by atoms with van der Waals surface area (Å²) < 4.78 is 2.22. The Labute approximate surface area is 256 Å². The highest BCUT2D eigenvalue weighted by Crippen LogP contribution is 2.45. The molecule has 1 aromatic heterocycles. The van der Waals surface area contributed by atoms with Crippen LogP contribution in [0.25, 0.3) is 49.7 Å². The first kappa shape index (κ1) is 26.2. The average Bonchev–Trinajstić information content (AvgIpc) is 3.52. The van der Waals surface area contributed by atoms with Gasteiger partial charge < -0.3 is 9.67 Å². The Morgan fingerprint density at radius 3 is 2.05 bits per heavy atom. The summed E-state index contributed by atoms with van der Waals surface area (Å²) in [7, 11) is 0. The number of hydrogen-bond donors (Lipinski definition) is 1. The molecule has 1 aliphatic heterocycles. The molecule has 7 aromatic rings. The molecule has 1 unspecified atom stereocenters. The summed E-state index contributed by atoms with van der Waals surface area (Å²) in [6, 6.07) is 45.0. The van der Waals surface area contributed by atoms with Crippen molar-refractivity contribution in [3.05, 3.63) is 156 Å². The molecule has 0 radical (unpaired) electrons. The number of aliphatic hydroxyl groups excluding tert-OH is 1. The number of aryl methyl sites for hydroxylation is 2. The zero-order valence-electron chi connectivity index (χ0n) is 24.5. The molecule has 0 bridgehead atoms. The number of carbonyl (C=O) groups excluding carboxylic acids is 1. The Morgan fingerprint density at radius 1 is 0.591 bits per heavy atom. The van der Waals surface area contributed by atoms with E-state index in [1.54, 1.807) is 0 Å². The molecule has 0 fully saturated rings. The molecular formula is C40H30N2O2. The maximum atomic E-state index is 14.6. The highest BCUT2D eigenvalue weighted by molar-refractivity contribution is 6.18. The van der Waals surface area contributed by atoms with E-state index < -0.39 is 6.23 Å². The van der Waals surface area contributed by atoms with Gasteiger partial charge in [0.25, 0.3) is 5.91 Å². The quantitative estimate of drug-likeness (QED) is 0.229. The molecule has 4 heteroatoms. The zero-order valence-corrected chi connectivity index (χ0v) is 24.5. The average molecular weight is 571 g/mol. The third kappa shape index (κ3) is 3.92. The normalized spacial score (nSPS) is 14.5. The maximum Gasteiger partial charge on any atom is 0.263 e. The van der Waals surface area contributed by atoms with Gasteiger partial charge in [0.2, 0.25) is 0 Å². The van der Waals surface area contributed by atoms with Gasteiger partial charge in [-0.2, -0.15) is 0 Å². The fourth-order valence-electron chi connectivity index (χ4n) is 6.98. The van der Waals surface area contributed by atoms with E-state index in [1.807, 2.05) is 78.9 Å². The standard InChI is InChI=1S/C40H30N2O2/c1-25-22-26(2)24-28(23-25)30-16-10-17-32-31-15-7-9-20-35(31)41(38(30)32)36-21-11-18-33-37(36)40(44)42(39(33)43)34-19-8-6-14-29(34)27-12-4-3-5-13-27/h3-24,39,43H,1-2H3. The number of aliphatic hydroxyl groups is 1. The van der Waals surface area contributed by atoms with Gasteiger partial charge in [0.05, 0.1) is 28.0 Å². The first-order valence-electron chi connectivity index (χ1n) is 14.9. The van der Waals surface area contributed by atoms with Crippen molar-refractivity contribution in [3.63, 3.8) is 0 Å². The summed E-state index contributed by atoms with van der Waals surface area (Å²) in [6.45, 7) is 4.25. The predicted molar refractivity (Wildman–Crippen MR) is 179 cm³/mol. The molecule has 6 aromatic carbocycles. The smallest absolute Gasteiger partial charge is 0.263 e. The van der Waals surface area contributed by atoms with Crippen LogP contribution in [0.5, 0.6) is 0 Å². The number of amides is 1. The molecule has 1 N–H and O–H groups in total. The number of fused-ring (bicyclic) bond motifs is 4. The minimum atomic E-state index is -1.12. The van der Waals surface area contributed by atoms with E-state index in [1.165, 1.54) is 16.0 Å². The van der Waals surface area contributed by atoms with Gasteiger partial charge >= 0.3 is 0 Å². The molecule has 0 spiro atoms. The number of anilines is 1. The van der Waals surface area contributed by atoms with Gasteiger partial charge in [0.15, 0.2) is 6.23 Å². The monoisotopic (exact) mass is 570 g/mol. The molecule has 212 valence electrons. The molecule has 4 nitrogen and oxygen atoms in total. The first-order chi connectivity index (χ1) is 21.5. The largest absolute Gasteiger partial charge is 0.369 e. The molecule has 0 aliphatic carbocycles. The fraction of sp³-hybridized carbons (Fsp3) is 0.0750. The summed E-state index contributed by atoms with van der Waals surface area (Å²) >= 11 is 0.